The molecule has 1 aromatic rings. The minimum absolute atomic E-state index is 0.0685. The Morgan fingerprint density at radius 2 is 2.38 bits per heavy atom. The molecule has 2 aliphatic rings. The van der Waals surface area contributed by atoms with E-state index < -0.39 is 0 Å². The van der Waals surface area contributed by atoms with Crippen LogP contribution in [0.1, 0.15) is 30.3 Å². The zero-order valence-corrected chi connectivity index (χ0v) is 13.5. The second kappa shape index (κ2) is 6.32. The number of rotatable bonds is 3. The van der Waals surface area contributed by atoms with Crippen LogP contribution in [0.5, 0.6) is 0 Å². The van der Waals surface area contributed by atoms with E-state index in [1.807, 2.05) is 7.05 Å². The number of ether oxygens (including phenoxy) is 1. The summed E-state index contributed by atoms with van der Waals surface area (Å²) in [5.74, 6) is 1.19. The van der Waals surface area contributed by atoms with Gasteiger partial charge >= 0.3 is 6.03 Å². The lowest BCUT2D eigenvalue weighted by Crippen LogP contribution is -2.35. The molecule has 0 aromatic carbocycles. The van der Waals surface area contributed by atoms with Crippen molar-refractivity contribution in [2.45, 2.75) is 32.6 Å². The first-order valence-corrected chi connectivity index (χ1v) is 8.52. The number of urea groups is 1. The molecule has 0 saturated carbocycles. The summed E-state index contributed by atoms with van der Waals surface area (Å²) < 4.78 is 5.35. The summed E-state index contributed by atoms with van der Waals surface area (Å²) in [4.78, 5) is 19.9. The fraction of sp³-hybridized carbons (Fsp3) is 0.733. The van der Waals surface area contributed by atoms with E-state index in [0.29, 0.717) is 5.92 Å². The van der Waals surface area contributed by atoms with Gasteiger partial charge in [0.1, 0.15) is 0 Å². The maximum atomic E-state index is 12.2. The molecule has 1 aliphatic carbocycles. The van der Waals surface area contributed by atoms with Crippen molar-refractivity contribution in [2.75, 3.05) is 32.1 Å². The third kappa shape index (κ3) is 3.55. The third-order valence-electron chi connectivity index (χ3n) is 4.30. The molecule has 0 bridgehead atoms. The van der Waals surface area contributed by atoms with Crippen molar-refractivity contribution in [2.24, 2.45) is 11.8 Å². The predicted octanol–water partition coefficient (Wildman–Crippen LogP) is 2.77. The summed E-state index contributed by atoms with van der Waals surface area (Å²) >= 11 is 1.63. The van der Waals surface area contributed by atoms with E-state index in [4.69, 9.17) is 4.74 Å². The Hall–Kier alpha value is -1.14. The molecule has 1 aromatic heterocycles. The minimum atomic E-state index is -0.0685. The summed E-state index contributed by atoms with van der Waals surface area (Å²) in [5.41, 5.74) is 1.18. The molecule has 1 aliphatic heterocycles. The monoisotopic (exact) mass is 309 g/mol. The fourth-order valence-electron chi connectivity index (χ4n) is 2.98. The van der Waals surface area contributed by atoms with Gasteiger partial charge in [-0.2, -0.15) is 0 Å². The van der Waals surface area contributed by atoms with Gasteiger partial charge in [-0.25, -0.2) is 9.78 Å². The fourth-order valence-corrected chi connectivity index (χ4v) is 4.14. The molecule has 2 heterocycles. The van der Waals surface area contributed by atoms with Gasteiger partial charge in [-0.1, -0.05) is 6.92 Å². The second-order valence-corrected chi connectivity index (χ2v) is 7.36. The second-order valence-electron chi connectivity index (χ2n) is 6.28. The molecule has 1 N–H and O–H groups in total. The van der Waals surface area contributed by atoms with Crippen LogP contribution in [0.2, 0.25) is 0 Å². The quantitative estimate of drug-likeness (QED) is 0.934. The Labute approximate surface area is 129 Å². The molecule has 2 atom stereocenters. The van der Waals surface area contributed by atoms with Gasteiger partial charge in [0.15, 0.2) is 5.13 Å². The average Bonchev–Trinajstić information content (AvgIpc) is 3.07. The van der Waals surface area contributed by atoms with E-state index in [-0.39, 0.29) is 6.03 Å². The minimum Gasteiger partial charge on any atom is -0.381 e. The summed E-state index contributed by atoms with van der Waals surface area (Å²) in [6, 6.07) is -0.0685. The summed E-state index contributed by atoms with van der Waals surface area (Å²) in [6.07, 6.45) is 4.38. The number of anilines is 1. The van der Waals surface area contributed by atoms with E-state index in [1.165, 1.54) is 17.0 Å². The number of thiazole rings is 1. The molecule has 0 radical (unpaired) electrons. The van der Waals surface area contributed by atoms with Gasteiger partial charge < -0.3 is 9.64 Å². The number of hydrogen-bond acceptors (Lipinski definition) is 4. The largest absolute Gasteiger partial charge is 0.381 e. The highest BCUT2D eigenvalue weighted by molar-refractivity contribution is 7.15. The number of amides is 2. The van der Waals surface area contributed by atoms with Crippen molar-refractivity contribution in [1.82, 2.24) is 9.88 Å². The summed E-state index contributed by atoms with van der Waals surface area (Å²) in [7, 11) is 1.84. The normalized spacial score (nSPS) is 24.7. The number of carbonyl (C=O) groups excluding carboxylic acids is 1. The number of aromatic nitrogens is 1. The molecule has 116 valence electrons. The zero-order valence-electron chi connectivity index (χ0n) is 12.7. The van der Waals surface area contributed by atoms with E-state index in [1.54, 1.807) is 16.2 Å². The van der Waals surface area contributed by atoms with E-state index in [2.05, 4.69) is 17.2 Å². The van der Waals surface area contributed by atoms with Crippen molar-refractivity contribution in [3.63, 3.8) is 0 Å². The van der Waals surface area contributed by atoms with Crippen LogP contribution < -0.4 is 5.32 Å². The highest BCUT2D eigenvalue weighted by Crippen LogP contribution is 2.32. The lowest BCUT2D eigenvalue weighted by molar-refractivity contribution is 0.175. The predicted molar refractivity (Wildman–Crippen MR) is 83.9 cm³/mol. The maximum Gasteiger partial charge on any atom is 0.323 e. The Kier molecular flexibility index (Phi) is 4.45. The van der Waals surface area contributed by atoms with Gasteiger partial charge in [0.05, 0.1) is 12.3 Å². The van der Waals surface area contributed by atoms with Crippen LogP contribution in [0, 0.1) is 11.8 Å². The highest BCUT2D eigenvalue weighted by atomic mass is 32.1. The Balaban J connectivity index is 1.56. The zero-order chi connectivity index (χ0) is 14.8. The molecular weight excluding hydrogens is 286 g/mol. The van der Waals surface area contributed by atoms with Gasteiger partial charge in [-0.15, -0.1) is 11.3 Å². The van der Waals surface area contributed by atoms with Crippen molar-refractivity contribution in [3.05, 3.63) is 10.6 Å². The molecule has 0 unspecified atom stereocenters. The molecule has 21 heavy (non-hydrogen) atoms. The lowest BCUT2D eigenvalue weighted by atomic mass is 9.93. The molecule has 2 amide bonds. The molecule has 0 spiro atoms. The first-order valence-electron chi connectivity index (χ1n) is 7.70. The maximum absolute atomic E-state index is 12.2. The van der Waals surface area contributed by atoms with E-state index in [9.17, 15) is 4.79 Å². The van der Waals surface area contributed by atoms with E-state index >= 15 is 0 Å². The molecule has 3 rings (SSSR count). The number of hydrogen-bond donors (Lipinski definition) is 1. The first kappa shape index (κ1) is 14.8. The molecule has 5 nitrogen and oxygen atoms in total. The number of nitrogens with zero attached hydrogens (tertiary/aromatic N) is 2. The van der Waals surface area contributed by atoms with Gasteiger partial charge in [0.2, 0.25) is 0 Å². The summed E-state index contributed by atoms with van der Waals surface area (Å²) in [6.45, 7) is 4.60. The number of fused-ring (bicyclic) bond motifs is 1. The first-order chi connectivity index (χ1) is 10.1. The topological polar surface area (TPSA) is 54.5 Å². The number of carbonyl (C=O) groups is 1. The van der Waals surface area contributed by atoms with Crippen LogP contribution in [0.3, 0.4) is 0 Å². The Morgan fingerprint density at radius 1 is 1.52 bits per heavy atom. The van der Waals surface area contributed by atoms with Gasteiger partial charge in [0.25, 0.3) is 0 Å². The van der Waals surface area contributed by atoms with Crippen molar-refractivity contribution < 1.29 is 9.53 Å². The number of aryl methyl sites for hydroxylation is 1. The van der Waals surface area contributed by atoms with Crippen LogP contribution in [0.15, 0.2) is 0 Å². The standard InChI is InChI=1S/C15H23N3O2S/c1-10-3-4-12-13(7-10)21-14(16-12)17-15(19)18(2)8-11-5-6-20-9-11/h10-11H,3-9H2,1-2H3,(H,16,17,19)/t10-,11+/m1/s1. The van der Waals surface area contributed by atoms with Crippen LogP contribution in [-0.4, -0.2) is 42.7 Å². The van der Waals surface area contributed by atoms with Crippen molar-refractivity contribution in [1.29, 1.82) is 0 Å². The SMILES string of the molecule is C[C@@H]1CCc2nc(NC(=O)N(C)C[C@@H]3CCOC3)sc2C1. The number of nitrogens with one attached hydrogen (secondary N) is 1. The average molecular weight is 309 g/mol. The molecule has 1 saturated heterocycles. The van der Waals surface area contributed by atoms with Crippen molar-refractivity contribution in [3.8, 4) is 0 Å². The van der Waals surface area contributed by atoms with Crippen LogP contribution in [0.4, 0.5) is 9.93 Å². The summed E-state index contributed by atoms with van der Waals surface area (Å²) in [5, 5.41) is 3.69. The smallest absolute Gasteiger partial charge is 0.323 e. The molecular formula is C15H23N3O2S. The Bertz CT molecular complexity index is 511. The molecule has 1 fully saturated rings. The van der Waals surface area contributed by atoms with Gasteiger partial charge in [-0.3, -0.25) is 5.32 Å². The van der Waals surface area contributed by atoms with Gasteiger partial charge in [0, 0.05) is 31.0 Å². The lowest BCUT2D eigenvalue weighted by Gasteiger charge is -2.20. The van der Waals surface area contributed by atoms with Crippen LogP contribution >= 0.6 is 11.3 Å². The van der Waals surface area contributed by atoms with Crippen LogP contribution in [0.25, 0.3) is 0 Å². The van der Waals surface area contributed by atoms with E-state index in [0.717, 1.165) is 50.1 Å². The molecule has 6 heteroatoms. The Morgan fingerprint density at radius 3 is 3.14 bits per heavy atom. The van der Waals surface area contributed by atoms with Crippen LogP contribution in [-0.2, 0) is 17.6 Å². The van der Waals surface area contributed by atoms with Crippen molar-refractivity contribution >= 4 is 22.5 Å². The highest BCUT2D eigenvalue weighted by Gasteiger charge is 2.23. The van der Waals surface area contributed by atoms with Gasteiger partial charge in [-0.05, 0) is 31.6 Å². The third-order valence-corrected chi connectivity index (χ3v) is 5.34.